The van der Waals surface area contributed by atoms with Crippen molar-refractivity contribution >= 4 is 46.5 Å². The van der Waals surface area contributed by atoms with Crippen LogP contribution < -0.4 is 25.8 Å². The second-order valence-corrected chi connectivity index (χ2v) is 11.4. The lowest BCUT2D eigenvalue weighted by atomic mass is 9.94. The Kier molecular flexibility index (Phi) is 10.2. The molecule has 0 spiro atoms. The van der Waals surface area contributed by atoms with E-state index in [1.807, 2.05) is 6.07 Å². The highest BCUT2D eigenvalue weighted by Gasteiger charge is 2.26. The summed E-state index contributed by atoms with van der Waals surface area (Å²) in [6.45, 7) is 0.271. The number of anilines is 3. The molecule has 13 heteroatoms. The van der Waals surface area contributed by atoms with Crippen molar-refractivity contribution in [2.75, 3.05) is 38.5 Å². The van der Waals surface area contributed by atoms with E-state index < -0.39 is 17.7 Å². The lowest BCUT2D eigenvalue weighted by Crippen LogP contribution is -2.14. The molecule has 0 unspecified atom stereocenters. The zero-order valence-corrected chi connectivity index (χ0v) is 28.4. The number of benzene rings is 4. The van der Waals surface area contributed by atoms with E-state index in [1.54, 1.807) is 60.8 Å². The molecule has 1 amide bonds. The van der Waals surface area contributed by atoms with Crippen LogP contribution in [-0.2, 0) is 11.3 Å². The number of ether oxygens (including phenoxy) is 3. The molecule has 0 saturated heterocycles. The predicted molar refractivity (Wildman–Crippen MR) is 193 cm³/mol. The summed E-state index contributed by atoms with van der Waals surface area (Å²) in [5, 5.41) is 6.44. The third kappa shape index (κ3) is 7.21. The first-order valence-corrected chi connectivity index (χ1v) is 15.8. The molecule has 5 aromatic rings. The lowest BCUT2D eigenvalue weighted by molar-refractivity contribution is 0.0600. The quantitative estimate of drug-likeness (QED) is 0.123. The largest absolute Gasteiger partial charge is 0.496 e. The number of hydrogen-bond acceptors (Lipinski definition) is 10. The van der Waals surface area contributed by atoms with Crippen molar-refractivity contribution < 1.29 is 28.2 Å². The molecule has 0 radical (unpaired) electrons. The minimum absolute atomic E-state index is 0.0912. The van der Waals surface area contributed by atoms with Crippen LogP contribution in [0.1, 0.15) is 43.0 Å². The maximum atomic E-state index is 15.3. The van der Waals surface area contributed by atoms with Gasteiger partial charge in [0, 0.05) is 50.9 Å². The van der Waals surface area contributed by atoms with Crippen molar-refractivity contribution in [3.05, 3.63) is 123 Å². The minimum Gasteiger partial charge on any atom is -0.496 e. The first-order valence-electron chi connectivity index (χ1n) is 15.5. The Morgan fingerprint density at radius 2 is 1.73 bits per heavy atom. The van der Waals surface area contributed by atoms with Crippen LogP contribution in [0.2, 0.25) is 5.02 Å². The molecule has 1 aliphatic rings. The fraction of sp³-hybridized carbons (Fsp3) is 0.132. The number of rotatable bonds is 8. The summed E-state index contributed by atoms with van der Waals surface area (Å²) >= 11 is 6.43. The van der Waals surface area contributed by atoms with Crippen molar-refractivity contribution in [2.24, 2.45) is 10.7 Å². The third-order valence-corrected chi connectivity index (χ3v) is 8.14. The molecular formula is C38H30ClFN6O5. The van der Waals surface area contributed by atoms with Gasteiger partial charge >= 0.3 is 5.97 Å². The molecular weight excluding hydrogens is 675 g/mol. The molecule has 4 N–H and O–H groups in total. The summed E-state index contributed by atoms with van der Waals surface area (Å²) < 4.78 is 31.1. The van der Waals surface area contributed by atoms with E-state index in [0.29, 0.717) is 50.2 Å². The van der Waals surface area contributed by atoms with E-state index in [2.05, 4.69) is 27.5 Å². The molecule has 0 fully saturated rings. The molecule has 0 atom stereocenters. The highest BCUT2D eigenvalue weighted by atomic mass is 35.5. The summed E-state index contributed by atoms with van der Waals surface area (Å²) in [5.41, 5.74) is 10.5. The number of carbonyl (C=O) groups is 2. The van der Waals surface area contributed by atoms with Gasteiger partial charge in [-0.1, -0.05) is 35.6 Å². The average Bonchev–Trinajstić information content (AvgIpc) is 3.29. The Morgan fingerprint density at radius 3 is 2.49 bits per heavy atom. The SMILES string of the molecule is COC(=O)c1ccc(NC(=O)c2ccc(Nc3ncc4c(n3)-c3ccc(Cl)cc3C(c3c(F)cccc3OC)=NC4)cc2OC)cc1C#CCN. The number of aromatic nitrogens is 2. The van der Waals surface area contributed by atoms with Gasteiger partial charge in [-0.3, -0.25) is 9.79 Å². The zero-order chi connectivity index (χ0) is 36.1. The number of methoxy groups -OCH3 is 3. The van der Waals surface area contributed by atoms with Gasteiger partial charge < -0.3 is 30.6 Å². The predicted octanol–water partition coefficient (Wildman–Crippen LogP) is 6.40. The van der Waals surface area contributed by atoms with Gasteiger partial charge in [0.2, 0.25) is 5.95 Å². The maximum absolute atomic E-state index is 15.3. The monoisotopic (exact) mass is 704 g/mol. The maximum Gasteiger partial charge on any atom is 0.339 e. The van der Waals surface area contributed by atoms with Gasteiger partial charge in [-0.2, -0.15) is 0 Å². The molecule has 0 saturated carbocycles. The molecule has 6 rings (SSSR count). The number of amides is 1. The van der Waals surface area contributed by atoms with Gasteiger partial charge in [0.25, 0.3) is 5.91 Å². The summed E-state index contributed by atoms with van der Waals surface area (Å²) in [4.78, 5) is 39.6. The molecule has 0 aliphatic carbocycles. The Bertz CT molecular complexity index is 2280. The standard InChI is InChI=1S/C38H30ClFN6O5/c1-49-31-8-4-7-30(40)33(31)35-29-17-23(39)9-12-27(29)34-22(19-42-35)20-43-38(46-34)45-25-11-14-28(32(18-25)50-2)36(47)44-24-10-13-26(37(48)51-3)21(16-24)6-5-15-41/h4,7-14,16-18,20H,15,19,41H2,1-3H3,(H,44,47)(H,43,45,46). The Morgan fingerprint density at radius 1 is 0.941 bits per heavy atom. The van der Waals surface area contributed by atoms with E-state index in [-0.39, 0.29) is 41.5 Å². The van der Waals surface area contributed by atoms with E-state index >= 15 is 4.39 Å². The first kappa shape index (κ1) is 34.6. The van der Waals surface area contributed by atoms with Gasteiger partial charge in [-0.25, -0.2) is 19.2 Å². The zero-order valence-electron chi connectivity index (χ0n) is 27.6. The summed E-state index contributed by atoms with van der Waals surface area (Å²) in [7, 11) is 4.20. The van der Waals surface area contributed by atoms with E-state index in [9.17, 15) is 9.59 Å². The fourth-order valence-corrected chi connectivity index (χ4v) is 5.72. The molecule has 51 heavy (non-hydrogen) atoms. The van der Waals surface area contributed by atoms with Crippen LogP contribution in [-0.4, -0.2) is 55.4 Å². The van der Waals surface area contributed by atoms with E-state index in [0.717, 1.165) is 5.56 Å². The highest BCUT2D eigenvalue weighted by Crippen LogP contribution is 2.36. The number of aliphatic imine (C=N–C) groups is 1. The molecule has 1 aliphatic heterocycles. The van der Waals surface area contributed by atoms with Crippen molar-refractivity contribution in [1.82, 2.24) is 9.97 Å². The van der Waals surface area contributed by atoms with Crippen LogP contribution in [0.25, 0.3) is 11.3 Å². The van der Waals surface area contributed by atoms with Crippen LogP contribution in [0.15, 0.2) is 84.0 Å². The highest BCUT2D eigenvalue weighted by molar-refractivity contribution is 6.31. The summed E-state index contributed by atoms with van der Waals surface area (Å²) in [6, 6.07) is 19.4. The van der Waals surface area contributed by atoms with Crippen molar-refractivity contribution in [2.45, 2.75) is 6.54 Å². The van der Waals surface area contributed by atoms with Gasteiger partial charge in [0.1, 0.15) is 17.3 Å². The summed E-state index contributed by atoms with van der Waals surface area (Å²) in [6.07, 6.45) is 1.66. The second kappa shape index (κ2) is 15.1. The van der Waals surface area contributed by atoms with Crippen molar-refractivity contribution in [3.8, 4) is 34.6 Å². The summed E-state index contributed by atoms with van der Waals surface area (Å²) in [5.74, 6) is 4.92. The molecule has 1 aromatic heterocycles. The van der Waals surface area contributed by atoms with Crippen molar-refractivity contribution in [1.29, 1.82) is 0 Å². The lowest BCUT2D eigenvalue weighted by Gasteiger charge is -2.15. The van der Waals surface area contributed by atoms with Crippen molar-refractivity contribution in [3.63, 3.8) is 0 Å². The molecule has 256 valence electrons. The third-order valence-electron chi connectivity index (χ3n) is 7.91. The Balaban J connectivity index is 1.28. The second-order valence-electron chi connectivity index (χ2n) is 11.0. The average molecular weight is 705 g/mol. The van der Waals surface area contributed by atoms with E-state index in [4.69, 9.17) is 41.5 Å². The van der Waals surface area contributed by atoms with Crippen LogP contribution in [0.4, 0.5) is 21.7 Å². The number of esters is 1. The topological polar surface area (TPSA) is 150 Å². The molecule has 11 nitrogen and oxygen atoms in total. The molecule has 2 heterocycles. The number of nitrogens with one attached hydrogen (secondary N) is 2. The number of fused-ring (bicyclic) bond motifs is 3. The number of nitrogens with two attached hydrogens (primary N) is 1. The van der Waals surface area contributed by atoms with Crippen LogP contribution in [0.3, 0.4) is 0 Å². The minimum atomic E-state index is -0.563. The number of hydrogen-bond donors (Lipinski definition) is 3. The van der Waals surface area contributed by atoms with Crippen LogP contribution in [0, 0.1) is 17.7 Å². The van der Waals surface area contributed by atoms with Gasteiger partial charge in [-0.05, 0) is 54.6 Å². The Hall–Kier alpha value is -6.29. The Labute approximate surface area is 297 Å². The number of nitrogens with zero attached hydrogens (tertiary/aromatic N) is 3. The van der Waals surface area contributed by atoms with Crippen LogP contribution in [0.5, 0.6) is 11.5 Å². The molecule has 0 bridgehead atoms. The van der Waals surface area contributed by atoms with Gasteiger partial charge in [0.05, 0.1) is 62.5 Å². The smallest absolute Gasteiger partial charge is 0.339 e. The van der Waals surface area contributed by atoms with Gasteiger partial charge in [-0.15, -0.1) is 0 Å². The van der Waals surface area contributed by atoms with E-state index in [1.165, 1.54) is 33.5 Å². The normalized spacial score (nSPS) is 11.5. The first-order chi connectivity index (χ1) is 24.7. The fourth-order valence-electron chi connectivity index (χ4n) is 5.55. The van der Waals surface area contributed by atoms with Crippen LogP contribution >= 0.6 is 11.6 Å². The number of carbonyl (C=O) groups excluding carboxylic acids is 2. The molecule has 4 aromatic carbocycles. The van der Waals surface area contributed by atoms with Gasteiger partial charge in [0.15, 0.2) is 0 Å². The number of halogens is 2.